The SMILES string of the molecule is CCOc1ccc([C@@H](C)NCc2cccnc2)cc1F. The minimum Gasteiger partial charge on any atom is -0.491 e. The Morgan fingerprint density at radius 2 is 2.20 bits per heavy atom. The van der Waals surface area contributed by atoms with Crippen molar-refractivity contribution in [2.45, 2.75) is 26.4 Å². The summed E-state index contributed by atoms with van der Waals surface area (Å²) in [4.78, 5) is 4.07. The van der Waals surface area contributed by atoms with E-state index in [0.29, 0.717) is 18.9 Å². The first-order valence-electron chi connectivity index (χ1n) is 6.75. The molecule has 4 heteroatoms. The molecule has 20 heavy (non-hydrogen) atoms. The second-order valence-electron chi connectivity index (χ2n) is 4.59. The van der Waals surface area contributed by atoms with Gasteiger partial charge < -0.3 is 10.1 Å². The van der Waals surface area contributed by atoms with Gasteiger partial charge in [-0.3, -0.25) is 4.98 Å². The van der Waals surface area contributed by atoms with Crippen molar-refractivity contribution in [1.82, 2.24) is 10.3 Å². The maximum absolute atomic E-state index is 13.8. The van der Waals surface area contributed by atoms with Gasteiger partial charge in [-0.2, -0.15) is 0 Å². The Labute approximate surface area is 118 Å². The molecule has 2 aromatic rings. The molecular formula is C16H19FN2O. The van der Waals surface area contributed by atoms with Crippen molar-refractivity contribution in [2.75, 3.05) is 6.61 Å². The van der Waals surface area contributed by atoms with Crippen LogP contribution in [-0.2, 0) is 6.54 Å². The van der Waals surface area contributed by atoms with E-state index >= 15 is 0 Å². The van der Waals surface area contributed by atoms with Crippen molar-refractivity contribution in [3.05, 3.63) is 59.7 Å². The predicted octanol–water partition coefficient (Wildman–Crippen LogP) is 3.47. The third-order valence-corrected chi connectivity index (χ3v) is 3.09. The highest BCUT2D eigenvalue weighted by molar-refractivity contribution is 5.31. The summed E-state index contributed by atoms with van der Waals surface area (Å²) in [6.45, 7) is 5.01. The Kier molecular flexibility index (Phi) is 5.07. The zero-order valence-electron chi connectivity index (χ0n) is 11.8. The van der Waals surface area contributed by atoms with Gasteiger partial charge in [0.15, 0.2) is 11.6 Å². The van der Waals surface area contributed by atoms with Crippen molar-refractivity contribution < 1.29 is 9.13 Å². The van der Waals surface area contributed by atoms with Crippen LogP contribution in [0.25, 0.3) is 0 Å². The Hall–Kier alpha value is -1.94. The van der Waals surface area contributed by atoms with Crippen LogP contribution in [0.3, 0.4) is 0 Å². The molecule has 1 N–H and O–H groups in total. The summed E-state index contributed by atoms with van der Waals surface area (Å²) in [7, 11) is 0. The van der Waals surface area contributed by atoms with E-state index in [0.717, 1.165) is 11.1 Å². The number of hydrogen-bond acceptors (Lipinski definition) is 3. The van der Waals surface area contributed by atoms with E-state index in [9.17, 15) is 4.39 Å². The fourth-order valence-corrected chi connectivity index (χ4v) is 1.95. The molecule has 0 bridgehead atoms. The highest BCUT2D eigenvalue weighted by Crippen LogP contribution is 2.22. The molecule has 3 nitrogen and oxygen atoms in total. The summed E-state index contributed by atoms with van der Waals surface area (Å²) in [6, 6.07) is 9.04. The van der Waals surface area contributed by atoms with Gasteiger partial charge in [0.2, 0.25) is 0 Å². The molecule has 0 saturated carbocycles. The van der Waals surface area contributed by atoms with Crippen LogP contribution in [0, 0.1) is 5.82 Å². The van der Waals surface area contributed by atoms with E-state index < -0.39 is 0 Å². The van der Waals surface area contributed by atoms with Crippen LogP contribution < -0.4 is 10.1 Å². The van der Waals surface area contributed by atoms with Gasteiger partial charge in [0.05, 0.1) is 6.61 Å². The van der Waals surface area contributed by atoms with Crippen LogP contribution >= 0.6 is 0 Å². The van der Waals surface area contributed by atoms with Crippen molar-refractivity contribution in [2.24, 2.45) is 0 Å². The number of benzene rings is 1. The van der Waals surface area contributed by atoms with E-state index in [1.165, 1.54) is 6.07 Å². The second-order valence-corrected chi connectivity index (χ2v) is 4.59. The van der Waals surface area contributed by atoms with Crippen LogP contribution in [0.2, 0.25) is 0 Å². The van der Waals surface area contributed by atoms with Gasteiger partial charge in [0.1, 0.15) is 0 Å². The maximum Gasteiger partial charge on any atom is 0.165 e. The smallest absolute Gasteiger partial charge is 0.165 e. The van der Waals surface area contributed by atoms with Crippen LogP contribution in [0.5, 0.6) is 5.75 Å². The summed E-state index contributed by atoms with van der Waals surface area (Å²) >= 11 is 0. The largest absolute Gasteiger partial charge is 0.491 e. The van der Waals surface area contributed by atoms with Crippen LogP contribution in [0.1, 0.15) is 31.0 Å². The molecular weight excluding hydrogens is 255 g/mol. The topological polar surface area (TPSA) is 34.1 Å². The van der Waals surface area contributed by atoms with Crippen molar-refractivity contribution in [3.8, 4) is 5.75 Å². The summed E-state index contributed by atoms with van der Waals surface area (Å²) in [5.74, 6) is -0.0184. The Bertz CT molecular complexity index is 545. The lowest BCUT2D eigenvalue weighted by molar-refractivity contribution is 0.321. The number of nitrogens with zero attached hydrogens (tertiary/aromatic N) is 1. The molecule has 0 radical (unpaired) electrons. The lowest BCUT2D eigenvalue weighted by Gasteiger charge is -2.15. The quantitative estimate of drug-likeness (QED) is 0.875. The lowest BCUT2D eigenvalue weighted by Crippen LogP contribution is -2.18. The minimum atomic E-state index is -0.320. The lowest BCUT2D eigenvalue weighted by atomic mass is 10.1. The van der Waals surface area contributed by atoms with Gasteiger partial charge in [0, 0.05) is 25.0 Å². The van der Waals surface area contributed by atoms with Crippen molar-refractivity contribution >= 4 is 0 Å². The highest BCUT2D eigenvalue weighted by Gasteiger charge is 2.09. The molecule has 0 aliphatic carbocycles. The summed E-state index contributed by atoms with van der Waals surface area (Å²) < 4.78 is 19.0. The van der Waals surface area contributed by atoms with Crippen molar-refractivity contribution in [1.29, 1.82) is 0 Å². The molecule has 1 atom stereocenters. The molecule has 1 heterocycles. The molecule has 0 amide bonds. The first kappa shape index (κ1) is 14.5. The van der Waals surface area contributed by atoms with Gasteiger partial charge in [-0.25, -0.2) is 4.39 Å². The van der Waals surface area contributed by atoms with Gasteiger partial charge in [-0.15, -0.1) is 0 Å². The van der Waals surface area contributed by atoms with E-state index in [1.54, 1.807) is 12.3 Å². The maximum atomic E-state index is 13.8. The zero-order chi connectivity index (χ0) is 14.4. The molecule has 1 aromatic carbocycles. The van der Waals surface area contributed by atoms with Crippen LogP contribution in [0.15, 0.2) is 42.7 Å². The number of aromatic nitrogens is 1. The first-order valence-corrected chi connectivity index (χ1v) is 6.75. The molecule has 0 saturated heterocycles. The minimum absolute atomic E-state index is 0.0559. The fourth-order valence-electron chi connectivity index (χ4n) is 1.95. The molecule has 106 valence electrons. The molecule has 0 unspecified atom stereocenters. The average Bonchev–Trinajstić information content (AvgIpc) is 2.48. The summed E-state index contributed by atoms with van der Waals surface area (Å²) in [6.07, 6.45) is 3.56. The monoisotopic (exact) mass is 274 g/mol. The second kappa shape index (κ2) is 7.01. The van der Waals surface area contributed by atoms with Gasteiger partial charge in [0.25, 0.3) is 0 Å². The van der Waals surface area contributed by atoms with Crippen molar-refractivity contribution in [3.63, 3.8) is 0 Å². The fraction of sp³-hybridized carbons (Fsp3) is 0.312. The van der Waals surface area contributed by atoms with E-state index in [2.05, 4.69) is 10.3 Å². The Balaban J connectivity index is 1.98. The van der Waals surface area contributed by atoms with Gasteiger partial charge >= 0.3 is 0 Å². The van der Waals surface area contributed by atoms with E-state index in [1.807, 2.05) is 38.2 Å². The Morgan fingerprint density at radius 3 is 2.85 bits per heavy atom. The molecule has 0 aliphatic heterocycles. The van der Waals surface area contributed by atoms with E-state index in [-0.39, 0.29) is 11.9 Å². The molecule has 0 fully saturated rings. The molecule has 0 spiro atoms. The first-order chi connectivity index (χ1) is 9.70. The number of hydrogen-bond donors (Lipinski definition) is 1. The number of rotatable bonds is 6. The summed E-state index contributed by atoms with van der Waals surface area (Å²) in [5, 5.41) is 3.35. The number of pyridine rings is 1. The van der Waals surface area contributed by atoms with Gasteiger partial charge in [-0.1, -0.05) is 12.1 Å². The molecule has 1 aromatic heterocycles. The highest BCUT2D eigenvalue weighted by atomic mass is 19.1. The summed E-state index contributed by atoms with van der Waals surface area (Å²) in [5.41, 5.74) is 2.00. The molecule has 2 rings (SSSR count). The third-order valence-electron chi connectivity index (χ3n) is 3.09. The number of halogens is 1. The van der Waals surface area contributed by atoms with Crippen LogP contribution in [-0.4, -0.2) is 11.6 Å². The van der Waals surface area contributed by atoms with Gasteiger partial charge in [-0.05, 0) is 43.2 Å². The van der Waals surface area contributed by atoms with E-state index in [4.69, 9.17) is 4.74 Å². The molecule has 0 aliphatic rings. The average molecular weight is 274 g/mol. The number of nitrogens with one attached hydrogen (secondary N) is 1. The normalized spacial score (nSPS) is 12.2. The predicted molar refractivity (Wildman–Crippen MR) is 77.1 cm³/mol. The Morgan fingerprint density at radius 1 is 1.35 bits per heavy atom. The zero-order valence-corrected chi connectivity index (χ0v) is 11.8. The third kappa shape index (κ3) is 3.78. The standard InChI is InChI=1S/C16H19FN2O/c1-3-20-16-7-6-14(9-15(16)17)12(2)19-11-13-5-4-8-18-10-13/h4-10,12,19H,3,11H2,1-2H3/t12-/m1/s1. The van der Waals surface area contributed by atoms with Crippen LogP contribution in [0.4, 0.5) is 4.39 Å². The number of ether oxygens (including phenoxy) is 1.